The Morgan fingerprint density at radius 3 is 2.46 bits per heavy atom. The van der Waals surface area contributed by atoms with Gasteiger partial charge in [0.05, 0.1) is 5.41 Å². The number of hydrogen-bond donors (Lipinski definition) is 1. The van der Waals surface area contributed by atoms with Gasteiger partial charge in [0.15, 0.2) is 0 Å². The molecule has 1 N–H and O–H groups in total. The van der Waals surface area contributed by atoms with Crippen LogP contribution in [0.1, 0.15) is 65.4 Å². The van der Waals surface area contributed by atoms with Gasteiger partial charge in [-0.25, -0.2) is 4.79 Å². The molecule has 1 unspecified atom stereocenters. The van der Waals surface area contributed by atoms with Crippen molar-refractivity contribution in [1.82, 2.24) is 10.2 Å². The summed E-state index contributed by atoms with van der Waals surface area (Å²) in [6, 6.07) is 9.21. The van der Waals surface area contributed by atoms with E-state index in [0.29, 0.717) is 19.5 Å². The molecule has 0 spiro atoms. The van der Waals surface area contributed by atoms with Crippen molar-refractivity contribution in [2.75, 3.05) is 26.2 Å². The molecule has 1 aromatic carbocycles. The molecule has 1 aliphatic carbocycles. The molecule has 0 bridgehead atoms. The van der Waals surface area contributed by atoms with Crippen molar-refractivity contribution >= 4 is 18.0 Å². The second-order valence-electron chi connectivity index (χ2n) is 10.9. The van der Waals surface area contributed by atoms with E-state index in [2.05, 4.69) is 5.32 Å². The number of hydrogen-bond acceptors (Lipinski definition) is 7. The Hall–Kier alpha value is -2.61. The quantitative estimate of drug-likeness (QED) is 0.318. The maximum absolute atomic E-state index is 12.8. The second kappa shape index (κ2) is 11.9. The molecule has 194 valence electrons. The van der Waals surface area contributed by atoms with E-state index in [0.717, 1.165) is 31.2 Å². The lowest BCUT2D eigenvalue weighted by atomic mass is 9.90. The van der Waals surface area contributed by atoms with Gasteiger partial charge in [-0.1, -0.05) is 43.2 Å². The molecule has 2 aliphatic rings. The molecule has 2 fully saturated rings. The molecular formula is C27H40N2O6. The molecule has 1 aromatic rings. The van der Waals surface area contributed by atoms with Gasteiger partial charge in [0.25, 0.3) is 0 Å². The Labute approximate surface area is 208 Å². The summed E-state index contributed by atoms with van der Waals surface area (Å²) in [5.41, 5.74) is -0.401. The first kappa shape index (κ1) is 27.0. The van der Waals surface area contributed by atoms with Crippen molar-refractivity contribution in [2.45, 2.75) is 78.0 Å². The highest BCUT2D eigenvalue weighted by atomic mass is 16.6. The summed E-state index contributed by atoms with van der Waals surface area (Å²) < 4.78 is 16.6. The summed E-state index contributed by atoms with van der Waals surface area (Å²) in [5, 5.41) is 3.27. The van der Waals surface area contributed by atoms with Crippen molar-refractivity contribution in [3.05, 3.63) is 35.9 Å². The lowest BCUT2D eigenvalue weighted by Gasteiger charge is -2.26. The fourth-order valence-corrected chi connectivity index (χ4v) is 4.69. The van der Waals surface area contributed by atoms with Crippen LogP contribution in [-0.2, 0) is 30.4 Å². The molecule has 3 rings (SSSR count). The second-order valence-corrected chi connectivity index (χ2v) is 10.9. The summed E-state index contributed by atoms with van der Waals surface area (Å²) in [7, 11) is 0. The zero-order valence-corrected chi connectivity index (χ0v) is 21.5. The van der Waals surface area contributed by atoms with E-state index < -0.39 is 23.2 Å². The van der Waals surface area contributed by atoms with Crippen molar-refractivity contribution < 1.29 is 28.6 Å². The Kier molecular flexibility index (Phi) is 9.16. The highest BCUT2D eigenvalue weighted by Crippen LogP contribution is 2.32. The van der Waals surface area contributed by atoms with E-state index in [9.17, 15) is 14.4 Å². The molecule has 0 aromatic heterocycles. The Balaban J connectivity index is 1.45. The van der Waals surface area contributed by atoms with Crippen molar-refractivity contribution in [3.8, 4) is 0 Å². The number of nitrogens with one attached hydrogen (secondary N) is 1. The van der Waals surface area contributed by atoms with Gasteiger partial charge in [-0.3, -0.25) is 9.59 Å². The zero-order valence-electron chi connectivity index (χ0n) is 21.5. The third-order valence-corrected chi connectivity index (χ3v) is 6.67. The first-order chi connectivity index (χ1) is 16.6. The SMILES string of the molecule is CC(C)(C)OC(=O)N1CCC(C)(C(=O)OCCN[C@H](C(=O)OCc2ccccc2)C2CCCC2)C1. The van der Waals surface area contributed by atoms with E-state index in [1.807, 2.05) is 58.0 Å². The number of amides is 1. The highest BCUT2D eigenvalue weighted by molar-refractivity contribution is 5.79. The Morgan fingerprint density at radius 1 is 1.11 bits per heavy atom. The van der Waals surface area contributed by atoms with Crippen LogP contribution in [0.4, 0.5) is 4.79 Å². The van der Waals surface area contributed by atoms with Crippen molar-refractivity contribution in [1.29, 1.82) is 0 Å². The van der Waals surface area contributed by atoms with Crippen LogP contribution in [0.5, 0.6) is 0 Å². The predicted octanol–water partition coefficient (Wildman–Crippen LogP) is 4.07. The first-order valence-corrected chi connectivity index (χ1v) is 12.7. The lowest BCUT2D eigenvalue weighted by Crippen LogP contribution is -2.45. The van der Waals surface area contributed by atoms with Gasteiger partial charge >= 0.3 is 18.0 Å². The average molecular weight is 489 g/mol. The summed E-state index contributed by atoms with van der Waals surface area (Å²) in [4.78, 5) is 39.5. The summed E-state index contributed by atoms with van der Waals surface area (Å²) in [6.07, 6.45) is 4.29. The zero-order chi connectivity index (χ0) is 25.5. The third-order valence-electron chi connectivity index (χ3n) is 6.67. The van der Waals surface area contributed by atoms with E-state index >= 15 is 0 Å². The van der Waals surface area contributed by atoms with Crippen molar-refractivity contribution in [2.24, 2.45) is 11.3 Å². The Morgan fingerprint density at radius 2 is 1.80 bits per heavy atom. The molecular weight excluding hydrogens is 448 g/mol. The van der Waals surface area contributed by atoms with Crippen LogP contribution in [-0.4, -0.2) is 60.8 Å². The molecule has 35 heavy (non-hydrogen) atoms. The number of carbonyl (C=O) groups is 3. The number of carbonyl (C=O) groups excluding carboxylic acids is 3. The third kappa shape index (κ3) is 7.95. The number of likely N-dealkylation sites (tertiary alicyclic amines) is 1. The van der Waals surface area contributed by atoms with Gasteiger partial charge in [-0.2, -0.15) is 0 Å². The number of rotatable bonds is 9. The minimum Gasteiger partial charge on any atom is -0.464 e. The minimum absolute atomic E-state index is 0.149. The van der Waals surface area contributed by atoms with E-state index in [1.165, 1.54) is 0 Å². The Bertz CT molecular complexity index is 862. The number of benzene rings is 1. The molecule has 1 saturated heterocycles. The molecule has 0 radical (unpaired) electrons. The average Bonchev–Trinajstić information content (AvgIpc) is 3.48. The van der Waals surface area contributed by atoms with Crippen LogP contribution in [0.3, 0.4) is 0 Å². The highest BCUT2D eigenvalue weighted by Gasteiger charge is 2.44. The van der Waals surface area contributed by atoms with E-state index in [4.69, 9.17) is 14.2 Å². The van der Waals surface area contributed by atoms with Crippen LogP contribution in [0, 0.1) is 11.3 Å². The van der Waals surface area contributed by atoms with E-state index in [-0.39, 0.29) is 37.6 Å². The van der Waals surface area contributed by atoms with Gasteiger partial charge in [0.2, 0.25) is 0 Å². The predicted molar refractivity (Wildman–Crippen MR) is 131 cm³/mol. The molecule has 2 atom stereocenters. The van der Waals surface area contributed by atoms with Gasteiger partial charge in [0, 0.05) is 19.6 Å². The molecule has 8 nitrogen and oxygen atoms in total. The largest absolute Gasteiger partial charge is 0.464 e. The van der Waals surface area contributed by atoms with Gasteiger partial charge < -0.3 is 24.4 Å². The summed E-state index contributed by atoms with van der Waals surface area (Å²) >= 11 is 0. The molecule has 8 heteroatoms. The van der Waals surface area contributed by atoms with Crippen LogP contribution in [0.2, 0.25) is 0 Å². The molecule has 1 aliphatic heterocycles. The smallest absolute Gasteiger partial charge is 0.410 e. The molecule has 1 saturated carbocycles. The maximum atomic E-state index is 12.8. The van der Waals surface area contributed by atoms with Crippen LogP contribution in [0.15, 0.2) is 30.3 Å². The first-order valence-electron chi connectivity index (χ1n) is 12.7. The standard InChI is InChI=1S/C27H40N2O6/c1-26(2,3)35-25(32)29-16-14-27(4,19-29)24(31)33-17-15-28-22(21-12-8-9-13-21)23(30)34-18-20-10-6-5-7-11-20/h5-7,10-11,21-22,28H,8-9,12-19H2,1-4H3/t22-,27?/m0/s1. The van der Waals surface area contributed by atoms with Crippen LogP contribution >= 0.6 is 0 Å². The normalized spacial score (nSPS) is 21.5. The summed E-state index contributed by atoms with van der Waals surface area (Å²) in [5.74, 6) is -0.374. The van der Waals surface area contributed by atoms with E-state index in [1.54, 1.807) is 4.90 Å². The monoisotopic (exact) mass is 488 g/mol. The van der Waals surface area contributed by atoms with Gasteiger partial charge in [-0.05, 0) is 58.4 Å². The van der Waals surface area contributed by atoms with Crippen molar-refractivity contribution in [3.63, 3.8) is 0 Å². The number of esters is 2. The van der Waals surface area contributed by atoms with Crippen LogP contribution in [0.25, 0.3) is 0 Å². The number of nitrogens with zero attached hydrogens (tertiary/aromatic N) is 1. The minimum atomic E-state index is -0.767. The number of ether oxygens (including phenoxy) is 3. The fourth-order valence-electron chi connectivity index (χ4n) is 4.69. The van der Waals surface area contributed by atoms with Gasteiger partial charge in [-0.15, -0.1) is 0 Å². The van der Waals surface area contributed by atoms with Gasteiger partial charge in [0.1, 0.15) is 24.9 Å². The maximum Gasteiger partial charge on any atom is 0.410 e. The molecule has 1 amide bonds. The van der Waals surface area contributed by atoms with Crippen LogP contribution < -0.4 is 5.32 Å². The topological polar surface area (TPSA) is 94.2 Å². The molecule has 1 heterocycles. The summed E-state index contributed by atoms with van der Waals surface area (Å²) in [6.45, 7) is 8.74. The lowest BCUT2D eigenvalue weighted by molar-refractivity contribution is -0.154. The fraction of sp³-hybridized carbons (Fsp3) is 0.667.